The van der Waals surface area contributed by atoms with E-state index < -0.39 is 5.60 Å². The SMILES string of the molecule is CC(C)(C=O)CCl.COC1=C(c2ccccc2C)C(=O)OC12CCCCC2. The lowest BCUT2D eigenvalue weighted by molar-refractivity contribution is -0.149. The van der Waals surface area contributed by atoms with Gasteiger partial charge in [-0.05, 0) is 43.7 Å². The number of hydrogen-bond acceptors (Lipinski definition) is 4. The number of carbonyl (C=O) groups is 2. The lowest BCUT2D eigenvalue weighted by Crippen LogP contribution is -2.35. The Morgan fingerprint density at radius 1 is 1.22 bits per heavy atom. The van der Waals surface area contributed by atoms with E-state index in [0.29, 0.717) is 11.5 Å². The first-order valence-electron chi connectivity index (χ1n) is 9.40. The molecule has 0 unspecified atom stereocenters. The largest absolute Gasteiger partial charge is 0.496 e. The van der Waals surface area contributed by atoms with Gasteiger partial charge in [0.2, 0.25) is 0 Å². The highest BCUT2D eigenvalue weighted by atomic mass is 35.5. The third kappa shape index (κ3) is 4.73. The van der Waals surface area contributed by atoms with Crippen molar-refractivity contribution in [1.29, 1.82) is 0 Å². The zero-order chi connectivity index (χ0) is 20.1. The highest BCUT2D eigenvalue weighted by Gasteiger charge is 2.50. The third-order valence-electron chi connectivity index (χ3n) is 5.08. The molecule has 4 nitrogen and oxygen atoms in total. The number of alkyl halides is 1. The first kappa shape index (κ1) is 21.5. The fourth-order valence-corrected chi connectivity index (χ4v) is 3.52. The Hall–Kier alpha value is -1.81. The molecule has 0 N–H and O–H groups in total. The first-order chi connectivity index (χ1) is 12.8. The fourth-order valence-electron chi connectivity index (χ4n) is 3.45. The smallest absolute Gasteiger partial charge is 0.343 e. The molecular formula is C22H29ClO4. The van der Waals surface area contributed by atoms with E-state index in [0.717, 1.165) is 48.9 Å². The molecule has 1 saturated carbocycles. The second kappa shape index (κ2) is 8.92. The van der Waals surface area contributed by atoms with E-state index in [-0.39, 0.29) is 11.4 Å². The average molecular weight is 393 g/mol. The number of carbonyl (C=O) groups excluding carboxylic acids is 2. The van der Waals surface area contributed by atoms with E-state index in [1.807, 2.05) is 31.2 Å². The van der Waals surface area contributed by atoms with E-state index in [4.69, 9.17) is 21.1 Å². The number of rotatable bonds is 4. The quantitative estimate of drug-likeness (QED) is 0.408. The lowest BCUT2D eigenvalue weighted by atomic mass is 9.82. The zero-order valence-electron chi connectivity index (χ0n) is 16.6. The van der Waals surface area contributed by atoms with Crippen LogP contribution in [0.4, 0.5) is 0 Å². The van der Waals surface area contributed by atoms with Crippen LogP contribution in [0.1, 0.15) is 57.1 Å². The van der Waals surface area contributed by atoms with Crippen molar-refractivity contribution in [1.82, 2.24) is 0 Å². The van der Waals surface area contributed by atoms with Crippen molar-refractivity contribution in [2.45, 2.75) is 58.5 Å². The Bertz CT molecular complexity index is 715. The van der Waals surface area contributed by atoms with E-state index in [1.165, 1.54) is 6.42 Å². The van der Waals surface area contributed by atoms with Crippen LogP contribution in [-0.4, -0.2) is 30.8 Å². The summed E-state index contributed by atoms with van der Waals surface area (Å²) in [5.41, 5.74) is 1.77. The number of methoxy groups -OCH3 is 1. The Morgan fingerprint density at radius 3 is 2.33 bits per heavy atom. The maximum atomic E-state index is 12.4. The molecule has 5 heteroatoms. The highest BCUT2D eigenvalue weighted by Crippen LogP contribution is 2.47. The Kier molecular flexibility index (Phi) is 7.10. The molecule has 0 saturated heterocycles. The molecule has 1 heterocycles. The van der Waals surface area contributed by atoms with E-state index in [1.54, 1.807) is 21.0 Å². The van der Waals surface area contributed by atoms with Gasteiger partial charge in [-0.3, -0.25) is 0 Å². The Labute approximate surface area is 166 Å². The number of halogens is 1. The molecule has 1 spiro atoms. The van der Waals surface area contributed by atoms with Gasteiger partial charge >= 0.3 is 5.97 Å². The lowest BCUT2D eigenvalue weighted by Gasteiger charge is -2.33. The van der Waals surface area contributed by atoms with Gasteiger partial charge < -0.3 is 14.3 Å². The summed E-state index contributed by atoms with van der Waals surface area (Å²) < 4.78 is 11.4. The van der Waals surface area contributed by atoms with Crippen molar-refractivity contribution in [3.05, 3.63) is 41.2 Å². The minimum absolute atomic E-state index is 0.238. The van der Waals surface area contributed by atoms with Gasteiger partial charge in [0.1, 0.15) is 11.9 Å². The highest BCUT2D eigenvalue weighted by molar-refractivity contribution is 6.20. The topological polar surface area (TPSA) is 52.6 Å². The average Bonchev–Trinajstić information content (AvgIpc) is 2.93. The predicted octanol–water partition coefficient (Wildman–Crippen LogP) is 5.06. The molecule has 0 bridgehead atoms. The van der Waals surface area contributed by atoms with Crippen molar-refractivity contribution in [3.8, 4) is 0 Å². The molecule has 1 aliphatic carbocycles. The summed E-state index contributed by atoms with van der Waals surface area (Å²) in [5.74, 6) is 0.894. The molecule has 1 fully saturated rings. The number of hydrogen-bond donors (Lipinski definition) is 0. The standard InChI is InChI=1S/C17H20O3.C5H9ClO/c1-12-8-4-5-9-13(12)14-15(19-2)17(20-16(14)18)10-6-3-7-11-17;1-5(2,3-6)4-7/h4-5,8-9H,3,6-7,10-11H2,1-2H3;4H,3H2,1-2H3. The second-order valence-corrected chi connectivity index (χ2v) is 8.17. The van der Waals surface area contributed by atoms with Gasteiger partial charge in [0, 0.05) is 11.3 Å². The Balaban J connectivity index is 0.000000321. The van der Waals surface area contributed by atoms with Gasteiger partial charge in [0.25, 0.3) is 0 Å². The minimum Gasteiger partial charge on any atom is -0.496 e. The molecule has 2 aliphatic rings. The van der Waals surface area contributed by atoms with Crippen LogP contribution >= 0.6 is 11.6 Å². The monoisotopic (exact) mass is 392 g/mol. The van der Waals surface area contributed by atoms with Crippen molar-refractivity contribution in [3.63, 3.8) is 0 Å². The predicted molar refractivity (Wildman–Crippen MR) is 108 cm³/mol. The normalized spacial score (nSPS) is 18.6. The van der Waals surface area contributed by atoms with Crippen LogP contribution in [-0.2, 0) is 19.1 Å². The molecule has 0 atom stereocenters. The maximum absolute atomic E-state index is 12.4. The van der Waals surface area contributed by atoms with Gasteiger partial charge in [-0.2, -0.15) is 0 Å². The Morgan fingerprint density at radius 2 is 1.85 bits per heavy atom. The van der Waals surface area contributed by atoms with Gasteiger partial charge in [-0.25, -0.2) is 4.79 Å². The summed E-state index contributed by atoms with van der Waals surface area (Å²) in [5, 5.41) is 0. The van der Waals surface area contributed by atoms with Crippen LogP contribution in [0.2, 0.25) is 0 Å². The van der Waals surface area contributed by atoms with Crippen molar-refractivity contribution in [2.75, 3.05) is 13.0 Å². The summed E-state index contributed by atoms with van der Waals surface area (Å²) in [6.45, 7) is 5.61. The van der Waals surface area contributed by atoms with Crippen molar-refractivity contribution < 1.29 is 19.1 Å². The summed E-state index contributed by atoms with van der Waals surface area (Å²) >= 11 is 5.36. The van der Waals surface area contributed by atoms with Crippen LogP contribution < -0.4 is 0 Å². The number of esters is 1. The summed E-state index contributed by atoms with van der Waals surface area (Å²) in [6.07, 6.45) is 5.98. The number of aryl methyl sites for hydroxylation is 1. The van der Waals surface area contributed by atoms with Crippen LogP contribution in [0.25, 0.3) is 5.57 Å². The zero-order valence-corrected chi connectivity index (χ0v) is 17.4. The number of ether oxygens (including phenoxy) is 2. The molecule has 1 aromatic carbocycles. The summed E-state index contributed by atoms with van der Waals surface area (Å²) in [6, 6.07) is 7.89. The van der Waals surface area contributed by atoms with Gasteiger partial charge in [-0.1, -0.05) is 44.5 Å². The molecule has 148 valence electrons. The van der Waals surface area contributed by atoms with Crippen LogP contribution in [0.15, 0.2) is 30.0 Å². The van der Waals surface area contributed by atoms with E-state index in [2.05, 4.69) is 0 Å². The molecular weight excluding hydrogens is 364 g/mol. The van der Waals surface area contributed by atoms with Gasteiger partial charge in [0.05, 0.1) is 7.11 Å². The molecule has 0 amide bonds. The second-order valence-electron chi connectivity index (χ2n) is 7.91. The van der Waals surface area contributed by atoms with Crippen molar-refractivity contribution in [2.24, 2.45) is 5.41 Å². The van der Waals surface area contributed by atoms with Gasteiger partial charge in [-0.15, -0.1) is 11.6 Å². The fraction of sp³-hybridized carbons (Fsp3) is 0.545. The van der Waals surface area contributed by atoms with Gasteiger partial charge in [0.15, 0.2) is 11.4 Å². The van der Waals surface area contributed by atoms with Crippen LogP contribution in [0.5, 0.6) is 0 Å². The molecule has 27 heavy (non-hydrogen) atoms. The van der Waals surface area contributed by atoms with Crippen molar-refractivity contribution >= 4 is 29.4 Å². The molecule has 3 rings (SSSR count). The number of benzene rings is 1. The molecule has 1 aromatic rings. The van der Waals surface area contributed by atoms with E-state index in [9.17, 15) is 9.59 Å². The number of aldehydes is 1. The summed E-state index contributed by atoms with van der Waals surface area (Å²) in [7, 11) is 1.64. The molecule has 0 aromatic heterocycles. The summed E-state index contributed by atoms with van der Waals surface area (Å²) in [4.78, 5) is 22.4. The molecule has 1 aliphatic heterocycles. The molecule has 0 radical (unpaired) electrons. The first-order valence-corrected chi connectivity index (χ1v) is 9.94. The van der Waals surface area contributed by atoms with Crippen LogP contribution in [0, 0.1) is 12.3 Å². The minimum atomic E-state index is -0.512. The van der Waals surface area contributed by atoms with Crippen LogP contribution in [0.3, 0.4) is 0 Å². The van der Waals surface area contributed by atoms with E-state index >= 15 is 0 Å². The maximum Gasteiger partial charge on any atom is 0.343 e. The third-order valence-corrected chi connectivity index (χ3v) is 5.77.